The summed E-state index contributed by atoms with van der Waals surface area (Å²) in [5, 5.41) is 12.7. The summed E-state index contributed by atoms with van der Waals surface area (Å²) in [7, 11) is 0. The van der Waals surface area contributed by atoms with Gasteiger partial charge in [0.1, 0.15) is 5.75 Å². The van der Waals surface area contributed by atoms with Crippen molar-refractivity contribution in [2.75, 3.05) is 6.54 Å². The Kier molecular flexibility index (Phi) is 3.90. The number of phenolic OH excluding ortho intramolecular Hbond substituents is 1. The molecule has 2 aromatic carbocycles. The predicted molar refractivity (Wildman–Crippen MR) is 88.6 cm³/mol. The average Bonchev–Trinajstić information content (AvgIpc) is 2.50. The van der Waals surface area contributed by atoms with Crippen LogP contribution in [0.3, 0.4) is 0 Å². The van der Waals surface area contributed by atoms with Gasteiger partial charge in [-0.1, -0.05) is 43.3 Å². The Morgan fingerprint density at radius 3 is 2.67 bits per heavy atom. The van der Waals surface area contributed by atoms with E-state index in [1.165, 1.54) is 12.8 Å². The van der Waals surface area contributed by atoms with Crippen LogP contribution in [0.15, 0.2) is 36.4 Å². The molecule has 0 aromatic heterocycles. The second-order valence-corrected chi connectivity index (χ2v) is 6.63. The Labute approximate surface area is 127 Å². The number of piperidine rings is 1. The maximum atomic E-state index is 10.7. The Morgan fingerprint density at radius 1 is 1.10 bits per heavy atom. The zero-order chi connectivity index (χ0) is 15.0. The lowest BCUT2D eigenvalue weighted by atomic mass is 9.91. The van der Waals surface area contributed by atoms with Crippen molar-refractivity contribution in [2.45, 2.75) is 45.7 Å². The van der Waals surface area contributed by atoms with Crippen LogP contribution in [0, 0.1) is 5.92 Å². The summed E-state index contributed by atoms with van der Waals surface area (Å²) in [6, 6.07) is 13.1. The Morgan fingerprint density at radius 2 is 1.86 bits per heavy atom. The number of phenols is 1. The van der Waals surface area contributed by atoms with E-state index in [9.17, 15) is 5.11 Å². The van der Waals surface area contributed by atoms with Crippen molar-refractivity contribution < 1.29 is 5.11 Å². The fraction of sp³-hybridized carbons (Fsp3) is 0.474. The molecule has 1 aliphatic rings. The van der Waals surface area contributed by atoms with E-state index in [0.29, 0.717) is 11.8 Å². The first-order valence-electron chi connectivity index (χ1n) is 8.04. The van der Waals surface area contributed by atoms with Crippen molar-refractivity contribution in [2.24, 2.45) is 5.92 Å². The highest BCUT2D eigenvalue weighted by molar-refractivity contribution is 5.89. The largest absolute Gasteiger partial charge is 0.507 e. The summed E-state index contributed by atoms with van der Waals surface area (Å²) in [4.78, 5) is 2.54. The number of benzene rings is 2. The summed E-state index contributed by atoms with van der Waals surface area (Å²) in [5.74, 6) is 1.19. The van der Waals surface area contributed by atoms with Gasteiger partial charge in [0.2, 0.25) is 0 Å². The molecule has 2 aromatic rings. The molecule has 21 heavy (non-hydrogen) atoms. The topological polar surface area (TPSA) is 23.5 Å². The van der Waals surface area contributed by atoms with Crippen LogP contribution in [0.5, 0.6) is 5.75 Å². The van der Waals surface area contributed by atoms with Crippen LogP contribution in [-0.2, 0) is 0 Å². The summed E-state index contributed by atoms with van der Waals surface area (Å²) < 4.78 is 0. The first-order valence-corrected chi connectivity index (χ1v) is 8.04. The highest BCUT2D eigenvalue weighted by Gasteiger charge is 2.28. The maximum absolute atomic E-state index is 10.7. The molecule has 112 valence electrons. The van der Waals surface area contributed by atoms with Crippen LogP contribution in [0.1, 0.15) is 45.2 Å². The van der Waals surface area contributed by atoms with Crippen LogP contribution < -0.4 is 0 Å². The molecule has 0 bridgehead atoms. The number of hydrogen-bond donors (Lipinski definition) is 1. The molecule has 1 fully saturated rings. The van der Waals surface area contributed by atoms with Crippen LogP contribution in [0.2, 0.25) is 0 Å². The minimum atomic E-state index is 0.257. The quantitative estimate of drug-likeness (QED) is 0.861. The summed E-state index contributed by atoms with van der Waals surface area (Å²) in [5.41, 5.74) is 1.05. The van der Waals surface area contributed by atoms with Crippen molar-refractivity contribution in [1.82, 2.24) is 4.90 Å². The molecule has 3 rings (SSSR count). The third-order valence-corrected chi connectivity index (χ3v) is 5.05. The molecular formula is C19H25NO. The van der Waals surface area contributed by atoms with Crippen LogP contribution in [0.25, 0.3) is 10.8 Å². The smallest absolute Gasteiger partial charge is 0.128 e. The van der Waals surface area contributed by atoms with Crippen LogP contribution in [-0.4, -0.2) is 22.6 Å². The Bertz CT molecular complexity index is 636. The van der Waals surface area contributed by atoms with Crippen molar-refractivity contribution in [3.8, 4) is 5.75 Å². The van der Waals surface area contributed by atoms with Crippen molar-refractivity contribution in [3.05, 3.63) is 42.0 Å². The molecular weight excluding hydrogens is 258 g/mol. The standard InChI is InChI=1S/C19H25NO/c1-13-8-9-14(2)20(12-13)15(3)17-11-10-16-6-4-5-7-18(16)19(17)21/h4-7,10-11,13-15,21H,8-9,12H2,1-3H3. The van der Waals surface area contributed by atoms with E-state index in [2.05, 4.69) is 43.9 Å². The van der Waals surface area contributed by atoms with Crippen molar-refractivity contribution >= 4 is 10.8 Å². The molecule has 1 saturated heterocycles. The molecule has 3 unspecified atom stereocenters. The van der Waals surface area contributed by atoms with E-state index in [-0.39, 0.29) is 6.04 Å². The molecule has 0 saturated carbocycles. The SMILES string of the molecule is CC1CCC(C)N(C(C)c2ccc3ccccc3c2O)C1. The molecule has 2 nitrogen and oxygen atoms in total. The fourth-order valence-electron chi connectivity index (χ4n) is 3.65. The van der Waals surface area contributed by atoms with Gasteiger partial charge in [-0.2, -0.15) is 0 Å². The third kappa shape index (κ3) is 2.65. The van der Waals surface area contributed by atoms with Gasteiger partial charge < -0.3 is 5.11 Å². The molecule has 0 amide bonds. The van der Waals surface area contributed by atoms with Gasteiger partial charge in [0.15, 0.2) is 0 Å². The van der Waals surface area contributed by atoms with E-state index in [0.717, 1.165) is 28.8 Å². The molecule has 1 N–H and O–H groups in total. The lowest BCUT2D eigenvalue weighted by Crippen LogP contribution is -2.42. The average molecular weight is 283 g/mol. The monoisotopic (exact) mass is 283 g/mol. The maximum Gasteiger partial charge on any atom is 0.128 e. The van der Waals surface area contributed by atoms with Gasteiger partial charge in [0.25, 0.3) is 0 Å². The molecule has 1 aliphatic heterocycles. The summed E-state index contributed by atoms with van der Waals surface area (Å²) >= 11 is 0. The number of hydrogen-bond acceptors (Lipinski definition) is 2. The van der Waals surface area contributed by atoms with E-state index in [1.807, 2.05) is 18.2 Å². The number of nitrogens with zero attached hydrogens (tertiary/aromatic N) is 1. The first kappa shape index (κ1) is 14.4. The predicted octanol–water partition coefficient (Wildman–Crippen LogP) is 4.73. The number of fused-ring (bicyclic) bond motifs is 1. The molecule has 0 radical (unpaired) electrons. The molecule has 0 spiro atoms. The van der Waals surface area contributed by atoms with E-state index >= 15 is 0 Å². The highest BCUT2D eigenvalue weighted by atomic mass is 16.3. The van der Waals surface area contributed by atoms with E-state index < -0.39 is 0 Å². The second kappa shape index (κ2) is 5.69. The van der Waals surface area contributed by atoms with Crippen LogP contribution >= 0.6 is 0 Å². The van der Waals surface area contributed by atoms with Gasteiger partial charge in [0, 0.05) is 29.6 Å². The molecule has 1 heterocycles. The minimum Gasteiger partial charge on any atom is -0.507 e. The van der Waals surface area contributed by atoms with Gasteiger partial charge in [-0.05, 0) is 38.0 Å². The summed E-state index contributed by atoms with van der Waals surface area (Å²) in [6.45, 7) is 7.97. The zero-order valence-corrected chi connectivity index (χ0v) is 13.2. The summed E-state index contributed by atoms with van der Waals surface area (Å²) in [6.07, 6.45) is 2.56. The zero-order valence-electron chi connectivity index (χ0n) is 13.2. The number of likely N-dealkylation sites (tertiary alicyclic amines) is 1. The van der Waals surface area contributed by atoms with Gasteiger partial charge in [-0.3, -0.25) is 4.90 Å². The van der Waals surface area contributed by atoms with Crippen molar-refractivity contribution in [3.63, 3.8) is 0 Å². The van der Waals surface area contributed by atoms with Crippen LogP contribution in [0.4, 0.5) is 0 Å². The number of aromatic hydroxyl groups is 1. The highest BCUT2D eigenvalue weighted by Crippen LogP contribution is 2.37. The molecule has 2 heteroatoms. The molecule has 3 atom stereocenters. The van der Waals surface area contributed by atoms with Gasteiger partial charge in [0.05, 0.1) is 0 Å². The third-order valence-electron chi connectivity index (χ3n) is 5.05. The second-order valence-electron chi connectivity index (χ2n) is 6.63. The van der Waals surface area contributed by atoms with Crippen molar-refractivity contribution in [1.29, 1.82) is 0 Å². The van der Waals surface area contributed by atoms with Gasteiger partial charge >= 0.3 is 0 Å². The van der Waals surface area contributed by atoms with E-state index in [4.69, 9.17) is 0 Å². The lowest BCUT2D eigenvalue weighted by Gasteiger charge is -2.41. The number of rotatable bonds is 2. The fourth-order valence-corrected chi connectivity index (χ4v) is 3.65. The Balaban J connectivity index is 1.97. The lowest BCUT2D eigenvalue weighted by molar-refractivity contribution is 0.0834. The minimum absolute atomic E-state index is 0.257. The first-order chi connectivity index (χ1) is 10.1. The van der Waals surface area contributed by atoms with Gasteiger partial charge in [-0.25, -0.2) is 0 Å². The normalized spacial score (nSPS) is 25.1. The van der Waals surface area contributed by atoms with E-state index in [1.54, 1.807) is 0 Å². The molecule has 0 aliphatic carbocycles. The Hall–Kier alpha value is -1.54. The van der Waals surface area contributed by atoms with Gasteiger partial charge in [-0.15, -0.1) is 0 Å².